The van der Waals surface area contributed by atoms with Crippen LogP contribution >= 0.6 is 0 Å². The lowest BCUT2D eigenvalue weighted by Gasteiger charge is -2.38. The Hall–Kier alpha value is -3.04. The SMILES string of the molecule is CC1(C)CC(=O)C2=C(C1)Nc1nc(N)nn1C2c1ccc(OC(F)(F)F)cc1. The van der Waals surface area contributed by atoms with Crippen LogP contribution < -0.4 is 15.8 Å². The monoisotopic (exact) mass is 393 g/mol. The van der Waals surface area contributed by atoms with E-state index in [2.05, 4.69) is 20.1 Å². The molecule has 0 saturated carbocycles. The topological polar surface area (TPSA) is 95.1 Å². The van der Waals surface area contributed by atoms with Crippen molar-refractivity contribution in [1.82, 2.24) is 14.8 Å². The van der Waals surface area contributed by atoms with Gasteiger partial charge in [0.2, 0.25) is 11.9 Å². The molecule has 3 N–H and O–H groups in total. The van der Waals surface area contributed by atoms with Crippen molar-refractivity contribution < 1.29 is 22.7 Å². The molecule has 1 aromatic carbocycles. The van der Waals surface area contributed by atoms with Gasteiger partial charge in [-0.15, -0.1) is 18.3 Å². The number of rotatable bonds is 2. The summed E-state index contributed by atoms with van der Waals surface area (Å²) in [4.78, 5) is 17.1. The zero-order valence-electron chi connectivity index (χ0n) is 15.2. The number of nitrogens with zero attached hydrogens (tertiary/aromatic N) is 3. The van der Waals surface area contributed by atoms with E-state index >= 15 is 0 Å². The first-order valence-corrected chi connectivity index (χ1v) is 8.63. The molecule has 4 rings (SSSR count). The summed E-state index contributed by atoms with van der Waals surface area (Å²) in [6, 6.07) is 4.76. The molecule has 2 aromatic rings. The maximum absolute atomic E-state index is 12.9. The zero-order chi connectivity index (χ0) is 20.3. The van der Waals surface area contributed by atoms with Gasteiger partial charge in [-0.3, -0.25) is 4.79 Å². The van der Waals surface area contributed by atoms with Crippen molar-refractivity contribution in [3.05, 3.63) is 41.1 Å². The maximum Gasteiger partial charge on any atom is 0.573 e. The van der Waals surface area contributed by atoms with Crippen molar-refractivity contribution in [3.63, 3.8) is 0 Å². The molecule has 0 bridgehead atoms. The summed E-state index contributed by atoms with van der Waals surface area (Å²) >= 11 is 0. The Bertz CT molecular complexity index is 976. The van der Waals surface area contributed by atoms with Crippen molar-refractivity contribution in [3.8, 4) is 5.75 Å². The van der Waals surface area contributed by atoms with Gasteiger partial charge in [-0.1, -0.05) is 26.0 Å². The molecule has 2 heterocycles. The van der Waals surface area contributed by atoms with Gasteiger partial charge in [-0.05, 0) is 29.5 Å². The number of ether oxygens (including phenoxy) is 1. The van der Waals surface area contributed by atoms with Crippen molar-refractivity contribution in [2.75, 3.05) is 11.1 Å². The third-order valence-corrected chi connectivity index (χ3v) is 4.78. The van der Waals surface area contributed by atoms with Gasteiger partial charge in [0.1, 0.15) is 11.8 Å². The van der Waals surface area contributed by atoms with Gasteiger partial charge in [-0.25, -0.2) is 4.68 Å². The first-order valence-electron chi connectivity index (χ1n) is 8.63. The first-order chi connectivity index (χ1) is 13.0. The number of allylic oxidation sites excluding steroid dienone is 2. The molecular formula is C18H18F3N5O2. The summed E-state index contributed by atoms with van der Waals surface area (Å²) in [5, 5.41) is 7.32. The fourth-order valence-electron chi connectivity index (χ4n) is 3.79. The molecule has 2 aliphatic rings. The molecule has 1 atom stereocenters. The predicted molar refractivity (Wildman–Crippen MR) is 94.4 cm³/mol. The number of alkyl halides is 3. The first kappa shape index (κ1) is 18.3. The van der Waals surface area contributed by atoms with E-state index in [9.17, 15) is 18.0 Å². The number of ketones is 1. The number of hydrogen-bond acceptors (Lipinski definition) is 6. The highest BCUT2D eigenvalue weighted by molar-refractivity contribution is 6.00. The lowest BCUT2D eigenvalue weighted by Crippen LogP contribution is -2.36. The average molecular weight is 393 g/mol. The van der Waals surface area contributed by atoms with Crippen molar-refractivity contribution in [2.24, 2.45) is 5.41 Å². The largest absolute Gasteiger partial charge is 0.573 e. The van der Waals surface area contributed by atoms with Crippen LogP contribution in [-0.4, -0.2) is 26.9 Å². The minimum atomic E-state index is -4.77. The van der Waals surface area contributed by atoms with Crippen LogP contribution in [0.3, 0.4) is 0 Å². The number of halogens is 3. The number of nitrogen functional groups attached to an aromatic ring is 1. The molecule has 0 spiro atoms. The second-order valence-electron chi connectivity index (χ2n) is 7.72. The van der Waals surface area contributed by atoms with Crippen LogP contribution in [0.1, 0.15) is 38.3 Å². The van der Waals surface area contributed by atoms with E-state index in [0.29, 0.717) is 29.9 Å². The summed E-state index contributed by atoms with van der Waals surface area (Å²) in [5.74, 6) is 0.0476. The molecule has 0 amide bonds. The Labute approximate surface area is 158 Å². The second kappa shape index (κ2) is 5.98. The van der Waals surface area contributed by atoms with Crippen LogP contribution in [0.4, 0.5) is 25.1 Å². The molecule has 28 heavy (non-hydrogen) atoms. The zero-order valence-corrected chi connectivity index (χ0v) is 15.2. The molecule has 0 radical (unpaired) electrons. The summed E-state index contributed by atoms with van der Waals surface area (Å²) in [7, 11) is 0. The van der Waals surface area contributed by atoms with Gasteiger partial charge in [0, 0.05) is 17.7 Å². The Balaban J connectivity index is 1.79. The standard InChI is InChI=1S/C18H18F3N5O2/c1-17(2)7-11-13(12(27)8-17)14(26-16(23-11)24-15(22)25-26)9-3-5-10(6-4-9)28-18(19,20)21/h3-6,14H,7-8H2,1-2H3,(H3,22,23,24,25). The molecule has 0 saturated heterocycles. The maximum atomic E-state index is 12.9. The third-order valence-electron chi connectivity index (χ3n) is 4.78. The van der Waals surface area contributed by atoms with Gasteiger partial charge >= 0.3 is 6.36 Å². The highest BCUT2D eigenvalue weighted by Crippen LogP contribution is 2.45. The quantitative estimate of drug-likeness (QED) is 0.812. The number of nitrogens with two attached hydrogens (primary N) is 1. The lowest BCUT2D eigenvalue weighted by atomic mass is 9.73. The number of nitrogens with one attached hydrogen (secondary N) is 1. The number of anilines is 2. The van der Waals surface area contributed by atoms with Crippen LogP contribution in [0, 0.1) is 5.41 Å². The molecule has 1 aliphatic heterocycles. The molecule has 7 nitrogen and oxygen atoms in total. The van der Waals surface area contributed by atoms with Crippen molar-refractivity contribution in [1.29, 1.82) is 0 Å². The summed E-state index contributed by atoms with van der Waals surface area (Å²) < 4.78 is 42.7. The highest BCUT2D eigenvalue weighted by atomic mass is 19.4. The number of Topliss-reactive ketones (excluding diaryl/α,β-unsaturated/α-hetero) is 1. The van der Waals surface area contributed by atoms with Crippen molar-refractivity contribution >= 4 is 17.7 Å². The number of carbonyl (C=O) groups excluding carboxylic acids is 1. The Morgan fingerprint density at radius 2 is 1.93 bits per heavy atom. The van der Waals surface area contributed by atoms with Crippen LogP contribution in [0.15, 0.2) is 35.5 Å². The van der Waals surface area contributed by atoms with Gasteiger partial charge < -0.3 is 15.8 Å². The molecule has 1 unspecified atom stereocenters. The van der Waals surface area contributed by atoms with Gasteiger partial charge in [0.15, 0.2) is 5.78 Å². The van der Waals surface area contributed by atoms with E-state index < -0.39 is 12.4 Å². The lowest BCUT2D eigenvalue weighted by molar-refractivity contribution is -0.274. The Morgan fingerprint density at radius 1 is 1.25 bits per heavy atom. The van der Waals surface area contributed by atoms with Gasteiger partial charge in [0.25, 0.3) is 0 Å². The van der Waals surface area contributed by atoms with E-state index in [4.69, 9.17) is 5.73 Å². The molecule has 10 heteroatoms. The summed E-state index contributed by atoms with van der Waals surface area (Å²) in [5.41, 5.74) is 7.37. The third kappa shape index (κ3) is 3.30. The molecule has 148 valence electrons. The second-order valence-corrected chi connectivity index (χ2v) is 7.72. The van der Waals surface area contributed by atoms with E-state index in [1.165, 1.54) is 28.9 Å². The summed E-state index contributed by atoms with van der Waals surface area (Å²) in [6.45, 7) is 4.00. The fraction of sp³-hybridized carbons (Fsp3) is 0.389. The molecular weight excluding hydrogens is 375 g/mol. The fourth-order valence-corrected chi connectivity index (χ4v) is 3.79. The number of fused-ring (bicyclic) bond motifs is 1. The van der Waals surface area contributed by atoms with Gasteiger partial charge in [0.05, 0.1) is 0 Å². The van der Waals surface area contributed by atoms with E-state index in [1.807, 2.05) is 13.8 Å². The number of hydrogen-bond donors (Lipinski definition) is 2. The minimum absolute atomic E-state index is 0.0380. The number of aromatic nitrogens is 3. The normalized spacial score (nSPS) is 21.0. The van der Waals surface area contributed by atoms with Crippen LogP contribution in [-0.2, 0) is 4.79 Å². The van der Waals surface area contributed by atoms with E-state index in [0.717, 1.165) is 5.70 Å². The Kier molecular flexibility index (Phi) is 3.91. The number of benzene rings is 1. The highest BCUT2D eigenvalue weighted by Gasteiger charge is 2.41. The van der Waals surface area contributed by atoms with E-state index in [-0.39, 0.29) is 22.9 Å². The Morgan fingerprint density at radius 3 is 2.57 bits per heavy atom. The average Bonchev–Trinajstić information content (AvgIpc) is 2.91. The van der Waals surface area contributed by atoms with Crippen LogP contribution in [0.5, 0.6) is 5.75 Å². The predicted octanol–water partition coefficient (Wildman–Crippen LogP) is 3.42. The number of carbonyl (C=O) groups is 1. The van der Waals surface area contributed by atoms with Crippen LogP contribution in [0.2, 0.25) is 0 Å². The van der Waals surface area contributed by atoms with Gasteiger partial charge in [-0.2, -0.15) is 4.98 Å². The van der Waals surface area contributed by atoms with Crippen LogP contribution in [0.25, 0.3) is 0 Å². The van der Waals surface area contributed by atoms with Crippen molar-refractivity contribution in [2.45, 2.75) is 39.1 Å². The smallest absolute Gasteiger partial charge is 0.406 e. The molecule has 1 aliphatic carbocycles. The molecule has 0 fully saturated rings. The molecule has 1 aromatic heterocycles. The minimum Gasteiger partial charge on any atom is -0.406 e. The summed E-state index contributed by atoms with van der Waals surface area (Å²) in [6.07, 6.45) is -3.78. The van der Waals surface area contributed by atoms with E-state index in [1.54, 1.807) is 0 Å².